The van der Waals surface area contributed by atoms with Crippen molar-refractivity contribution >= 4 is 5.97 Å². The smallest absolute Gasteiger partial charge is 0.311 e. The van der Waals surface area contributed by atoms with Crippen LogP contribution in [0.3, 0.4) is 0 Å². The van der Waals surface area contributed by atoms with Gasteiger partial charge in [0, 0.05) is 12.5 Å². The minimum atomic E-state index is -0.509. The molecule has 2 unspecified atom stereocenters. The van der Waals surface area contributed by atoms with Crippen molar-refractivity contribution < 1.29 is 13.9 Å². The first kappa shape index (κ1) is 15.0. The summed E-state index contributed by atoms with van der Waals surface area (Å²) in [4.78, 5) is 12.1. The number of benzene rings is 1. The Kier molecular flexibility index (Phi) is 4.43. The lowest BCUT2D eigenvalue weighted by molar-refractivity contribution is -0.160. The van der Waals surface area contributed by atoms with Crippen LogP contribution in [0.25, 0.3) is 0 Å². The number of hydrogen-bond donors (Lipinski definition) is 1. The maximum Gasteiger partial charge on any atom is 0.311 e. The normalized spacial score (nSPS) is 23.4. The van der Waals surface area contributed by atoms with Crippen LogP contribution < -0.4 is 5.32 Å². The first-order chi connectivity index (χ1) is 9.38. The first-order valence-electron chi connectivity index (χ1n) is 7.05. The molecule has 0 aromatic heterocycles. The van der Waals surface area contributed by atoms with Gasteiger partial charge in [0.1, 0.15) is 11.9 Å². The summed E-state index contributed by atoms with van der Waals surface area (Å²) in [5, 5.41) is 3.25. The zero-order valence-electron chi connectivity index (χ0n) is 12.3. The number of hydrogen-bond acceptors (Lipinski definition) is 3. The molecule has 1 aliphatic rings. The summed E-state index contributed by atoms with van der Waals surface area (Å²) < 4.78 is 18.7. The third kappa shape index (κ3) is 3.57. The van der Waals surface area contributed by atoms with E-state index >= 15 is 0 Å². The van der Waals surface area contributed by atoms with Crippen molar-refractivity contribution in [2.45, 2.75) is 39.2 Å². The van der Waals surface area contributed by atoms with E-state index in [1.807, 2.05) is 20.8 Å². The number of ether oxygens (including phenoxy) is 1. The molecule has 0 spiro atoms. The highest BCUT2D eigenvalue weighted by atomic mass is 19.1. The van der Waals surface area contributed by atoms with Gasteiger partial charge in [0.25, 0.3) is 0 Å². The van der Waals surface area contributed by atoms with Crippen LogP contribution in [0.2, 0.25) is 0 Å². The lowest BCUT2D eigenvalue weighted by Crippen LogP contribution is -2.43. The second-order valence-electron chi connectivity index (χ2n) is 6.34. The minimum absolute atomic E-state index is 0.128. The third-order valence-electron chi connectivity index (χ3n) is 3.60. The van der Waals surface area contributed by atoms with Gasteiger partial charge in [0.2, 0.25) is 0 Å². The number of carbonyl (C=O) groups excluding carboxylic acids is 1. The highest BCUT2D eigenvalue weighted by Gasteiger charge is 2.33. The lowest BCUT2D eigenvalue weighted by Gasteiger charge is -2.33. The molecule has 4 heteroatoms. The van der Waals surface area contributed by atoms with Gasteiger partial charge in [-0.15, -0.1) is 0 Å². The predicted octanol–water partition coefficient (Wildman–Crippen LogP) is 2.86. The Morgan fingerprint density at radius 1 is 1.30 bits per heavy atom. The Hall–Kier alpha value is -1.42. The third-order valence-corrected chi connectivity index (χ3v) is 3.60. The number of rotatable bonds is 2. The first-order valence-corrected chi connectivity index (χ1v) is 7.05. The summed E-state index contributed by atoms with van der Waals surface area (Å²) in [6.07, 6.45) is 0.689. The number of carbonyl (C=O) groups is 1. The summed E-state index contributed by atoms with van der Waals surface area (Å²) in [6, 6.07) is 6.48. The molecule has 0 radical (unpaired) electrons. The standard InChI is InChI=1S/C16H22FNO2/c1-16(2,3)15(19)20-14-10-18-9-8-13(14)11-4-6-12(17)7-5-11/h4-7,13-14,18H,8-10H2,1-3H3. The zero-order valence-corrected chi connectivity index (χ0v) is 12.3. The molecule has 1 aromatic carbocycles. The number of halogens is 1. The number of piperidine rings is 1. The molecule has 1 fully saturated rings. The van der Waals surface area contributed by atoms with E-state index in [0.717, 1.165) is 18.5 Å². The van der Waals surface area contributed by atoms with Gasteiger partial charge in [-0.3, -0.25) is 4.79 Å². The van der Waals surface area contributed by atoms with Crippen molar-refractivity contribution in [3.05, 3.63) is 35.6 Å². The lowest BCUT2D eigenvalue weighted by atomic mass is 9.87. The Morgan fingerprint density at radius 2 is 1.95 bits per heavy atom. The van der Waals surface area contributed by atoms with Gasteiger partial charge in [0.05, 0.1) is 5.41 Å². The fourth-order valence-electron chi connectivity index (χ4n) is 2.36. The SMILES string of the molecule is CC(C)(C)C(=O)OC1CNCCC1c1ccc(F)cc1. The van der Waals surface area contributed by atoms with Crippen LogP contribution >= 0.6 is 0 Å². The molecule has 2 atom stereocenters. The Balaban J connectivity index is 2.13. The van der Waals surface area contributed by atoms with Crippen molar-refractivity contribution in [2.75, 3.05) is 13.1 Å². The molecule has 1 saturated heterocycles. The van der Waals surface area contributed by atoms with E-state index in [9.17, 15) is 9.18 Å². The Labute approximate surface area is 119 Å². The van der Waals surface area contributed by atoms with E-state index in [1.165, 1.54) is 12.1 Å². The molecule has 1 N–H and O–H groups in total. The van der Waals surface area contributed by atoms with Crippen LogP contribution in [-0.4, -0.2) is 25.2 Å². The van der Waals surface area contributed by atoms with Crippen molar-refractivity contribution in [1.82, 2.24) is 5.32 Å². The van der Waals surface area contributed by atoms with Crippen LogP contribution in [0.1, 0.15) is 38.7 Å². The molecule has 1 aromatic rings. The summed E-state index contributed by atoms with van der Waals surface area (Å²) in [5.74, 6) is -0.313. The summed E-state index contributed by atoms with van der Waals surface area (Å²) in [5.41, 5.74) is 0.518. The highest BCUT2D eigenvalue weighted by molar-refractivity contribution is 5.75. The van der Waals surface area contributed by atoms with Crippen molar-refractivity contribution in [1.29, 1.82) is 0 Å². The van der Waals surface area contributed by atoms with Crippen LogP contribution in [0.15, 0.2) is 24.3 Å². The predicted molar refractivity (Wildman–Crippen MR) is 76.0 cm³/mol. The van der Waals surface area contributed by atoms with E-state index in [0.29, 0.717) is 6.54 Å². The average molecular weight is 279 g/mol. The molecule has 2 rings (SSSR count). The molecule has 0 bridgehead atoms. The summed E-state index contributed by atoms with van der Waals surface area (Å²) in [6.45, 7) is 7.06. The summed E-state index contributed by atoms with van der Waals surface area (Å²) in [7, 11) is 0. The number of esters is 1. The van der Waals surface area contributed by atoms with Crippen molar-refractivity contribution in [3.63, 3.8) is 0 Å². The van der Waals surface area contributed by atoms with Gasteiger partial charge in [-0.2, -0.15) is 0 Å². The summed E-state index contributed by atoms with van der Waals surface area (Å²) >= 11 is 0. The molecule has 110 valence electrons. The molecule has 1 aliphatic heterocycles. The average Bonchev–Trinajstić information content (AvgIpc) is 2.39. The van der Waals surface area contributed by atoms with Gasteiger partial charge in [-0.05, 0) is 51.4 Å². The largest absolute Gasteiger partial charge is 0.460 e. The van der Waals surface area contributed by atoms with Crippen molar-refractivity contribution in [2.24, 2.45) is 5.41 Å². The molecular weight excluding hydrogens is 257 g/mol. The maximum atomic E-state index is 13.0. The fourth-order valence-corrected chi connectivity index (χ4v) is 2.36. The van der Waals surface area contributed by atoms with Gasteiger partial charge in [0.15, 0.2) is 0 Å². The van der Waals surface area contributed by atoms with E-state index < -0.39 is 5.41 Å². The van der Waals surface area contributed by atoms with E-state index in [4.69, 9.17) is 4.74 Å². The van der Waals surface area contributed by atoms with Gasteiger partial charge >= 0.3 is 5.97 Å². The Morgan fingerprint density at radius 3 is 2.55 bits per heavy atom. The van der Waals surface area contributed by atoms with Crippen LogP contribution in [-0.2, 0) is 9.53 Å². The van der Waals surface area contributed by atoms with Crippen LogP contribution in [0.5, 0.6) is 0 Å². The molecular formula is C16H22FNO2. The Bertz CT molecular complexity index is 464. The molecule has 20 heavy (non-hydrogen) atoms. The molecule has 3 nitrogen and oxygen atoms in total. The van der Waals surface area contributed by atoms with E-state index in [-0.39, 0.29) is 23.8 Å². The van der Waals surface area contributed by atoms with Gasteiger partial charge < -0.3 is 10.1 Å². The molecule has 0 saturated carbocycles. The van der Waals surface area contributed by atoms with Gasteiger partial charge in [-0.1, -0.05) is 12.1 Å². The highest BCUT2D eigenvalue weighted by Crippen LogP contribution is 2.29. The maximum absolute atomic E-state index is 13.0. The van der Waals surface area contributed by atoms with Crippen LogP contribution in [0, 0.1) is 11.2 Å². The van der Waals surface area contributed by atoms with Crippen LogP contribution in [0.4, 0.5) is 4.39 Å². The van der Waals surface area contributed by atoms with E-state index in [2.05, 4.69) is 5.32 Å². The number of nitrogens with one attached hydrogen (secondary N) is 1. The molecule has 0 aliphatic carbocycles. The quantitative estimate of drug-likeness (QED) is 0.846. The topological polar surface area (TPSA) is 38.3 Å². The second-order valence-corrected chi connectivity index (χ2v) is 6.34. The fraction of sp³-hybridized carbons (Fsp3) is 0.562. The second kappa shape index (κ2) is 5.92. The molecule has 0 amide bonds. The minimum Gasteiger partial charge on any atom is -0.460 e. The zero-order chi connectivity index (χ0) is 14.8. The van der Waals surface area contributed by atoms with E-state index in [1.54, 1.807) is 12.1 Å². The monoisotopic (exact) mass is 279 g/mol. The van der Waals surface area contributed by atoms with Crippen molar-refractivity contribution in [3.8, 4) is 0 Å². The molecule has 1 heterocycles. The van der Waals surface area contributed by atoms with Gasteiger partial charge in [-0.25, -0.2) is 4.39 Å².